The van der Waals surface area contributed by atoms with Gasteiger partial charge in [0.2, 0.25) is 0 Å². The normalized spacial score (nSPS) is 13.6. The molecule has 4 nitrogen and oxygen atoms in total. The third-order valence-corrected chi connectivity index (χ3v) is 1.30. The molecule has 1 N–H and O–H groups in total. The molecule has 0 spiro atoms. The SMILES string of the molecule is CC(CN(C)C)OC(=O)/C=C/CO. The van der Waals surface area contributed by atoms with Gasteiger partial charge in [-0.25, -0.2) is 4.79 Å². The molecule has 76 valence electrons. The summed E-state index contributed by atoms with van der Waals surface area (Å²) in [6.45, 7) is 2.38. The van der Waals surface area contributed by atoms with Crippen LogP contribution >= 0.6 is 0 Å². The van der Waals surface area contributed by atoms with Gasteiger partial charge in [-0.3, -0.25) is 0 Å². The van der Waals surface area contributed by atoms with Crippen molar-refractivity contribution >= 4 is 5.97 Å². The van der Waals surface area contributed by atoms with Gasteiger partial charge in [0.15, 0.2) is 0 Å². The second-order valence-electron chi connectivity index (χ2n) is 3.09. The Hall–Kier alpha value is -0.870. The number of ether oxygens (including phenoxy) is 1. The topological polar surface area (TPSA) is 49.8 Å². The van der Waals surface area contributed by atoms with E-state index in [2.05, 4.69) is 0 Å². The van der Waals surface area contributed by atoms with Crippen LogP contribution < -0.4 is 0 Å². The molecule has 0 fully saturated rings. The summed E-state index contributed by atoms with van der Waals surface area (Å²) in [5.41, 5.74) is 0. The fraction of sp³-hybridized carbons (Fsp3) is 0.667. The molecule has 0 bridgehead atoms. The van der Waals surface area contributed by atoms with Crippen molar-refractivity contribution < 1.29 is 14.6 Å². The number of likely N-dealkylation sites (N-methyl/N-ethyl adjacent to an activating group) is 1. The summed E-state index contributed by atoms with van der Waals surface area (Å²) >= 11 is 0. The quantitative estimate of drug-likeness (QED) is 0.487. The summed E-state index contributed by atoms with van der Waals surface area (Å²) in [6.07, 6.45) is 2.45. The molecule has 1 atom stereocenters. The van der Waals surface area contributed by atoms with Gasteiger partial charge >= 0.3 is 5.97 Å². The summed E-state index contributed by atoms with van der Waals surface area (Å²) in [5, 5.41) is 8.39. The number of hydrogen-bond donors (Lipinski definition) is 1. The number of nitrogens with zero attached hydrogens (tertiary/aromatic N) is 1. The van der Waals surface area contributed by atoms with Gasteiger partial charge in [-0.15, -0.1) is 0 Å². The molecule has 0 amide bonds. The number of rotatable bonds is 5. The number of aliphatic hydroxyl groups excluding tert-OH is 1. The first-order chi connectivity index (χ1) is 6.06. The fourth-order valence-corrected chi connectivity index (χ4v) is 0.938. The van der Waals surface area contributed by atoms with Gasteiger partial charge in [0, 0.05) is 12.6 Å². The molecule has 0 saturated carbocycles. The fourth-order valence-electron chi connectivity index (χ4n) is 0.938. The van der Waals surface area contributed by atoms with Gasteiger partial charge in [0.1, 0.15) is 6.10 Å². The van der Waals surface area contributed by atoms with Crippen LogP contribution in [0.4, 0.5) is 0 Å². The van der Waals surface area contributed by atoms with Crippen LogP contribution in [0.25, 0.3) is 0 Å². The molecule has 0 aromatic rings. The van der Waals surface area contributed by atoms with Crippen molar-refractivity contribution in [3.63, 3.8) is 0 Å². The Morgan fingerprint density at radius 3 is 2.69 bits per heavy atom. The molecule has 0 aromatic heterocycles. The first-order valence-electron chi connectivity index (χ1n) is 4.19. The number of carbonyl (C=O) groups is 1. The van der Waals surface area contributed by atoms with E-state index in [0.29, 0.717) is 6.54 Å². The Bertz CT molecular complexity index is 178. The van der Waals surface area contributed by atoms with E-state index in [4.69, 9.17) is 9.84 Å². The van der Waals surface area contributed by atoms with Gasteiger partial charge in [-0.1, -0.05) is 6.08 Å². The average Bonchev–Trinajstić information content (AvgIpc) is 1.98. The number of esters is 1. The van der Waals surface area contributed by atoms with Crippen molar-refractivity contribution in [1.29, 1.82) is 0 Å². The van der Waals surface area contributed by atoms with Crippen LogP contribution in [-0.4, -0.2) is 49.3 Å². The highest BCUT2D eigenvalue weighted by Gasteiger charge is 2.06. The standard InChI is InChI=1S/C9H17NO3/c1-8(7-10(2)3)13-9(12)5-4-6-11/h4-5,8,11H,6-7H2,1-3H3/b5-4+. The molecule has 0 aliphatic rings. The Kier molecular flexibility index (Phi) is 6.18. The minimum atomic E-state index is -0.414. The Morgan fingerprint density at radius 2 is 2.23 bits per heavy atom. The summed E-state index contributed by atoms with van der Waals surface area (Å²) in [4.78, 5) is 12.9. The van der Waals surface area contributed by atoms with Gasteiger partial charge in [0.05, 0.1) is 6.61 Å². The zero-order valence-corrected chi connectivity index (χ0v) is 8.36. The highest BCUT2D eigenvalue weighted by atomic mass is 16.5. The number of hydrogen-bond acceptors (Lipinski definition) is 4. The third kappa shape index (κ3) is 7.49. The first-order valence-corrected chi connectivity index (χ1v) is 4.19. The predicted octanol–water partition coefficient (Wildman–Crippen LogP) is 0.0282. The van der Waals surface area contributed by atoms with Crippen LogP contribution in [0.15, 0.2) is 12.2 Å². The van der Waals surface area contributed by atoms with Gasteiger partial charge in [-0.2, -0.15) is 0 Å². The Labute approximate surface area is 78.8 Å². The van der Waals surface area contributed by atoms with E-state index in [-0.39, 0.29) is 12.7 Å². The van der Waals surface area contributed by atoms with Crippen molar-refractivity contribution in [1.82, 2.24) is 4.90 Å². The monoisotopic (exact) mass is 187 g/mol. The van der Waals surface area contributed by atoms with Crippen LogP contribution in [0.1, 0.15) is 6.92 Å². The lowest BCUT2D eigenvalue weighted by Gasteiger charge is -2.16. The molecular formula is C9H17NO3. The maximum absolute atomic E-state index is 11.0. The molecule has 0 rings (SSSR count). The van der Waals surface area contributed by atoms with Gasteiger partial charge in [-0.05, 0) is 21.0 Å². The third-order valence-electron chi connectivity index (χ3n) is 1.30. The second-order valence-corrected chi connectivity index (χ2v) is 3.09. The Morgan fingerprint density at radius 1 is 1.62 bits per heavy atom. The average molecular weight is 187 g/mol. The van der Waals surface area contributed by atoms with Crippen molar-refractivity contribution in [2.24, 2.45) is 0 Å². The van der Waals surface area contributed by atoms with E-state index < -0.39 is 5.97 Å². The van der Waals surface area contributed by atoms with Crippen LogP contribution in [0.3, 0.4) is 0 Å². The number of aliphatic hydroxyl groups is 1. The van der Waals surface area contributed by atoms with E-state index >= 15 is 0 Å². The minimum absolute atomic E-state index is 0.133. The van der Waals surface area contributed by atoms with Crippen LogP contribution in [0.2, 0.25) is 0 Å². The zero-order valence-electron chi connectivity index (χ0n) is 8.36. The maximum atomic E-state index is 11.0. The number of carbonyl (C=O) groups excluding carboxylic acids is 1. The van der Waals surface area contributed by atoms with Crippen LogP contribution in [0, 0.1) is 0 Å². The molecule has 0 aliphatic heterocycles. The summed E-state index contributed by atoms with van der Waals surface area (Å²) in [7, 11) is 3.82. The Balaban J connectivity index is 3.71. The molecule has 0 aliphatic carbocycles. The highest BCUT2D eigenvalue weighted by Crippen LogP contribution is 1.94. The van der Waals surface area contributed by atoms with Gasteiger partial charge in [0.25, 0.3) is 0 Å². The van der Waals surface area contributed by atoms with E-state index in [9.17, 15) is 4.79 Å². The zero-order chi connectivity index (χ0) is 10.3. The van der Waals surface area contributed by atoms with E-state index in [1.807, 2.05) is 25.9 Å². The first kappa shape index (κ1) is 12.1. The molecule has 4 heteroatoms. The summed E-state index contributed by atoms with van der Waals surface area (Å²) in [6, 6.07) is 0. The molecular weight excluding hydrogens is 170 g/mol. The van der Waals surface area contributed by atoms with Gasteiger partial charge < -0.3 is 14.7 Å². The smallest absolute Gasteiger partial charge is 0.330 e. The second kappa shape index (κ2) is 6.62. The van der Waals surface area contributed by atoms with Crippen molar-refractivity contribution in [3.05, 3.63) is 12.2 Å². The largest absolute Gasteiger partial charge is 0.458 e. The van der Waals surface area contributed by atoms with Crippen LogP contribution in [-0.2, 0) is 9.53 Å². The molecule has 0 saturated heterocycles. The van der Waals surface area contributed by atoms with Crippen molar-refractivity contribution in [2.45, 2.75) is 13.0 Å². The van der Waals surface area contributed by atoms with E-state index in [1.54, 1.807) is 0 Å². The highest BCUT2D eigenvalue weighted by molar-refractivity contribution is 5.82. The molecule has 13 heavy (non-hydrogen) atoms. The molecule has 0 radical (unpaired) electrons. The summed E-state index contributed by atoms with van der Waals surface area (Å²) < 4.78 is 4.98. The lowest BCUT2D eigenvalue weighted by atomic mass is 10.4. The van der Waals surface area contributed by atoms with Crippen molar-refractivity contribution in [2.75, 3.05) is 27.2 Å². The van der Waals surface area contributed by atoms with E-state index in [1.165, 1.54) is 12.2 Å². The van der Waals surface area contributed by atoms with Crippen LogP contribution in [0.5, 0.6) is 0 Å². The van der Waals surface area contributed by atoms with Crippen molar-refractivity contribution in [3.8, 4) is 0 Å². The minimum Gasteiger partial charge on any atom is -0.458 e. The maximum Gasteiger partial charge on any atom is 0.330 e. The molecule has 0 aromatic carbocycles. The lowest BCUT2D eigenvalue weighted by molar-refractivity contribution is -0.142. The lowest BCUT2D eigenvalue weighted by Crippen LogP contribution is -2.27. The molecule has 1 unspecified atom stereocenters. The molecule has 0 heterocycles. The predicted molar refractivity (Wildman–Crippen MR) is 50.3 cm³/mol. The summed E-state index contributed by atoms with van der Waals surface area (Å²) in [5.74, 6) is -0.414. The van der Waals surface area contributed by atoms with E-state index in [0.717, 1.165) is 0 Å².